The van der Waals surface area contributed by atoms with E-state index in [-0.39, 0.29) is 12.3 Å². The molecule has 0 atom stereocenters. The highest BCUT2D eigenvalue weighted by molar-refractivity contribution is 5.81. The van der Waals surface area contributed by atoms with Crippen LogP contribution in [0.2, 0.25) is 0 Å². The van der Waals surface area contributed by atoms with E-state index in [1.54, 1.807) is 24.4 Å². The lowest BCUT2D eigenvalue weighted by Crippen LogP contribution is -2.00. The first-order valence-corrected chi connectivity index (χ1v) is 7.36. The number of pyridine rings is 1. The van der Waals surface area contributed by atoms with Crippen molar-refractivity contribution in [3.05, 3.63) is 52.2 Å². The van der Waals surface area contributed by atoms with Gasteiger partial charge in [0, 0.05) is 6.07 Å². The van der Waals surface area contributed by atoms with Gasteiger partial charge in [-0.2, -0.15) is 5.10 Å². The summed E-state index contributed by atoms with van der Waals surface area (Å²) in [6.45, 7) is 2.51. The molecule has 0 radical (unpaired) electrons. The normalized spacial score (nSPS) is 10.2. The van der Waals surface area contributed by atoms with Gasteiger partial charge < -0.3 is 9.47 Å². The molecule has 0 aliphatic carbocycles. The number of hydrazone groups is 1. The maximum absolute atomic E-state index is 10.6. The highest BCUT2D eigenvalue weighted by atomic mass is 16.6. The first-order chi connectivity index (χ1) is 12.1. The predicted octanol–water partition coefficient (Wildman–Crippen LogP) is 2.85. The molecular formula is C17H16N4O4. The van der Waals surface area contributed by atoms with Gasteiger partial charge in [0.2, 0.25) is 0 Å². The van der Waals surface area contributed by atoms with Crippen molar-refractivity contribution in [2.45, 2.75) is 6.92 Å². The number of benzene rings is 1. The summed E-state index contributed by atoms with van der Waals surface area (Å²) in [5.74, 6) is 3.91. The Morgan fingerprint density at radius 1 is 1.36 bits per heavy atom. The molecule has 8 nitrogen and oxygen atoms in total. The number of rotatable bonds is 8. The second-order valence-electron chi connectivity index (χ2n) is 4.66. The molecule has 8 heteroatoms. The Morgan fingerprint density at radius 2 is 2.20 bits per heavy atom. The number of nitrogens with zero attached hydrogens (tertiary/aromatic N) is 3. The predicted molar refractivity (Wildman–Crippen MR) is 94.0 cm³/mol. The fourth-order valence-electron chi connectivity index (χ4n) is 1.85. The zero-order valence-corrected chi connectivity index (χ0v) is 13.5. The van der Waals surface area contributed by atoms with E-state index >= 15 is 0 Å². The summed E-state index contributed by atoms with van der Waals surface area (Å²) < 4.78 is 10.9. The monoisotopic (exact) mass is 340 g/mol. The van der Waals surface area contributed by atoms with Crippen molar-refractivity contribution in [2.24, 2.45) is 5.10 Å². The molecule has 25 heavy (non-hydrogen) atoms. The zero-order chi connectivity index (χ0) is 18.1. The van der Waals surface area contributed by atoms with E-state index in [1.807, 2.05) is 6.92 Å². The first kappa shape index (κ1) is 17.7. The van der Waals surface area contributed by atoms with Crippen LogP contribution in [-0.2, 0) is 0 Å². The van der Waals surface area contributed by atoms with E-state index in [1.165, 1.54) is 12.1 Å². The highest BCUT2D eigenvalue weighted by Crippen LogP contribution is 2.28. The summed E-state index contributed by atoms with van der Waals surface area (Å²) in [7, 11) is 0. The number of ether oxygens (including phenoxy) is 2. The maximum Gasteiger partial charge on any atom is 0.287 e. The standard InChI is InChI=1S/C17H16N4O4/c1-3-9-25-15-7-5-13(10-16(15)24-4-2)11-19-20-17-8-6-14(12-18-17)21(22)23/h1,5-8,10-12H,4,9H2,2H3,(H,18,20)/b19-11-. The molecule has 1 heterocycles. The lowest BCUT2D eigenvalue weighted by atomic mass is 10.2. The molecule has 0 aliphatic rings. The van der Waals surface area contributed by atoms with Crippen molar-refractivity contribution in [3.63, 3.8) is 0 Å². The fraction of sp³-hybridized carbons (Fsp3) is 0.176. The van der Waals surface area contributed by atoms with E-state index in [2.05, 4.69) is 21.4 Å². The van der Waals surface area contributed by atoms with Crippen LogP contribution in [0.15, 0.2) is 41.6 Å². The molecule has 0 fully saturated rings. The Balaban J connectivity index is 2.05. The Hall–Kier alpha value is -3.60. The van der Waals surface area contributed by atoms with E-state index < -0.39 is 4.92 Å². The second kappa shape index (κ2) is 8.88. The largest absolute Gasteiger partial charge is 0.490 e. The molecular weight excluding hydrogens is 324 g/mol. The van der Waals surface area contributed by atoms with Gasteiger partial charge in [0.05, 0.1) is 17.7 Å². The molecule has 1 N–H and O–H groups in total. The first-order valence-electron chi connectivity index (χ1n) is 7.36. The minimum absolute atomic E-state index is 0.0848. The van der Waals surface area contributed by atoms with Crippen LogP contribution < -0.4 is 14.9 Å². The summed E-state index contributed by atoms with van der Waals surface area (Å²) in [5, 5.41) is 14.6. The van der Waals surface area contributed by atoms with Gasteiger partial charge in [0.25, 0.3) is 5.69 Å². The number of nitrogens with one attached hydrogen (secondary N) is 1. The number of nitro groups is 1. The average molecular weight is 340 g/mol. The number of anilines is 1. The molecule has 0 saturated carbocycles. The third-order valence-electron chi connectivity index (χ3n) is 2.93. The number of hydrogen-bond donors (Lipinski definition) is 1. The van der Waals surface area contributed by atoms with E-state index in [0.717, 1.165) is 11.8 Å². The van der Waals surface area contributed by atoms with E-state index in [9.17, 15) is 10.1 Å². The van der Waals surface area contributed by atoms with Crippen LogP contribution in [0.25, 0.3) is 0 Å². The Morgan fingerprint density at radius 3 is 2.84 bits per heavy atom. The van der Waals surface area contributed by atoms with Gasteiger partial charge in [-0.3, -0.25) is 15.5 Å². The molecule has 0 aliphatic heterocycles. The molecule has 128 valence electrons. The van der Waals surface area contributed by atoms with E-state index in [0.29, 0.717) is 23.9 Å². The lowest BCUT2D eigenvalue weighted by molar-refractivity contribution is -0.385. The van der Waals surface area contributed by atoms with Gasteiger partial charge in [0.1, 0.15) is 18.6 Å². The topological polar surface area (TPSA) is 98.9 Å². The Kier molecular flexibility index (Phi) is 6.31. The summed E-state index contributed by atoms with van der Waals surface area (Å²) in [5.41, 5.74) is 3.38. The van der Waals surface area contributed by atoms with E-state index in [4.69, 9.17) is 15.9 Å². The average Bonchev–Trinajstić information content (AvgIpc) is 2.62. The van der Waals surface area contributed by atoms with Gasteiger partial charge in [0.15, 0.2) is 11.5 Å². The number of hydrogen-bond acceptors (Lipinski definition) is 7. The molecule has 0 spiro atoms. The summed E-state index contributed by atoms with van der Waals surface area (Å²) >= 11 is 0. The van der Waals surface area contributed by atoms with Gasteiger partial charge >= 0.3 is 0 Å². The molecule has 0 saturated heterocycles. The van der Waals surface area contributed by atoms with Crippen molar-refractivity contribution in [1.29, 1.82) is 0 Å². The zero-order valence-electron chi connectivity index (χ0n) is 13.5. The van der Waals surface area contributed by atoms with Crippen LogP contribution >= 0.6 is 0 Å². The van der Waals surface area contributed by atoms with Crippen molar-refractivity contribution in [1.82, 2.24) is 4.98 Å². The number of terminal acetylenes is 1. The molecule has 2 rings (SSSR count). The van der Waals surface area contributed by atoms with Crippen LogP contribution in [0.3, 0.4) is 0 Å². The van der Waals surface area contributed by atoms with Gasteiger partial charge in [-0.05, 0) is 36.8 Å². The van der Waals surface area contributed by atoms with Gasteiger partial charge in [-0.1, -0.05) is 5.92 Å². The van der Waals surface area contributed by atoms with Crippen LogP contribution in [0, 0.1) is 22.5 Å². The smallest absolute Gasteiger partial charge is 0.287 e. The molecule has 0 bridgehead atoms. The summed E-state index contributed by atoms with van der Waals surface area (Å²) in [4.78, 5) is 14.0. The SMILES string of the molecule is C#CCOc1ccc(/C=N\Nc2ccc([N+](=O)[O-])cn2)cc1OCC. The molecule has 1 aromatic heterocycles. The third-order valence-corrected chi connectivity index (χ3v) is 2.93. The number of aromatic nitrogens is 1. The second-order valence-corrected chi connectivity index (χ2v) is 4.66. The molecule has 2 aromatic rings. The molecule has 0 amide bonds. The maximum atomic E-state index is 10.6. The fourth-order valence-corrected chi connectivity index (χ4v) is 1.85. The van der Waals surface area contributed by atoms with Crippen molar-refractivity contribution in [2.75, 3.05) is 18.6 Å². The van der Waals surface area contributed by atoms with Gasteiger partial charge in [-0.15, -0.1) is 6.42 Å². The minimum atomic E-state index is -0.515. The molecule has 0 unspecified atom stereocenters. The van der Waals surface area contributed by atoms with Crippen molar-refractivity contribution >= 4 is 17.7 Å². The highest BCUT2D eigenvalue weighted by Gasteiger charge is 2.06. The van der Waals surface area contributed by atoms with Crippen molar-refractivity contribution in [3.8, 4) is 23.8 Å². The minimum Gasteiger partial charge on any atom is -0.490 e. The van der Waals surface area contributed by atoms with Crippen LogP contribution in [-0.4, -0.2) is 29.3 Å². The third kappa shape index (κ3) is 5.21. The lowest BCUT2D eigenvalue weighted by Gasteiger charge is -2.10. The van der Waals surface area contributed by atoms with Crippen LogP contribution in [0.1, 0.15) is 12.5 Å². The molecule has 1 aromatic carbocycles. The van der Waals surface area contributed by atoms with Crippen LogP contribution in [0.4, 0.5) is 11.5 Å². The summed E-state index contributed by atoms with van der Waals surface area (Å²) in [6, 6.07) is 8.12. The van der Waals surface area contributed by atoms with Gasteiger partial charge in [-0.25, -0.2) is 4.98 Å². The Labute approximate surface area is 144 Å². The quantitative estimate of drug-likeness (QED) is 0.343. The Bertz CT molecular complexity index is 797. The summed E-state index contributed by atoms with van der Waals surface area (Å²) in [6.07, 6.45) is 7.91. The van der Waals surface area contributed by atoms with Crippen LogP contribution in [0.5, 0.6) is 11.5 Å². The van der Waals surface area contributed by atoms with Crippen molar-refractivity contribution < 1.29 is 14.4 Å².